The number of para-hydroxylation sites is 1. The van der Waals surface area contributed by atoms with Crippen molar-refractivity contribution in [2.24, 2.45) is 0 Å². The van der Waals surface area contributed by atoms with Gasteiger partial charge in [-0.2, -0.15) is 0 Å². The van der Waals surface area contributed by atoms with Crippen LogP contribution in [-0.4, -0.2) is 24.0 Å². The number of carbonyl (C=O) groups is 1. The lowest BCUT2D eigenvalue weighted by Gasteiger charge is -2.22. The van der Waals surface area contributed by atoms with Gasteiger partial charge in [-0.25, -0.2) is 0 Å². The second-order valence-electron chi connectivity index (χ2n) is 5.37. The molecule has 0 fully saturated rings. The molecular formula is C18H20ClNO2. The normalized spacial score (nSPS) is 11.8. The Morgan fingerprint density at radius 2 is 1.82 bits per heavy atom. The van der Waals surface area contributed by atoms with Crippen molar-refractivity contribution in [1.29, 1.82) is 0 Å². The first kappa shape index (κ1) is 16.4. The predicted molar refractivity (Wildman–Crippen MR) is 89.2 cm³/mol. The van der Waals surface area contributed by atoms with E-state index in [0.717, 1.165) is 5.56 Å². The molecule has 1 amide bonds. The monoisotopic (exact) mass is 317 g/mol. The Labute approximate surface area is 136 Å². The Bertz CT molecular complexity index is 640. The number of rotatable bonds is 5. The minimum atomic E-state index is -0.588. The van der Waals surface area contributed by atoms with Crippen LogP contribution in [0.25, 0.3) is 0 Å². The van der Waals surface area contributed by atoms with E-state index in [9.17, 15) is 4.79 Å². The van der Waals surface area contributed by atoms with Crippen molar-refractivity contribution < 1.29 is 9.53 Å². The predicted octanol–water partition coefficient (Wildman–Crippen LogP) is 4.07. The molecule has 0 heterocycles. The molecule has 0 spiro atoms. The summed E-state index contributed by atoms with van der Waals surface area (Å²) in [7, 11) is 1.77. The zero-order valence-electron chi connectivity index (χ0n) is 13.0. The summed E-state index contributed by atoms with van der Waals surface area (Å²) in [5.74, 6) is 0.439. The van der Waals surface area contributed by atoms with Gasteiger partial charge in [0.05, 0.1) is 5.02 Å². The van der Waals surface area contributed by atoms with Gasteiger partial charge in [-0.1, -0.05) is 53.6 Å². The molecule has 0 radical (unpaired) electrons. The van der Waals surface area contributed by atoms with Gasteiger partial charge in [0.25, 0.3) is 5.91 Å². The zero-order chi connectivity index (χ0) is 16.1. The van der Waals surface area contributed by atoms with Gasteiger partial charge in [0.15, 0.2) is 6.10 Å². The van der Waals surface area contributed by atoms with E-state index < -0.39 is 6.10 Å². The third-order valence-electron chi connectivity index (χ3n) is 3.40. The van der Waals surface area contributed by atoms with Crippen LogP contribution in [0.1, 0.15) is 18.1 Å². The highest BCUT2D eigenvalue weighted by molar-refractivity contribution is 6.32. The molecule has 0 aliphatic carbocycles. The van der Waals surface area contributed by atoms with Crippen LogP contribution in [0, 0.1) is 6.92 Å². The second-order valence-corrected chi connectivity index (χ2v) is 5.78. The third-order valence-corrected chi connectivity index (χ3v) is 3.72. The number of nitrogens with zero attached hydrogens (tertiary/aromatic N) is 1. The molecule has 0 unspecified atom stereocenters. The van der Waals surface area contributed by atoms with Gasteiger partial charge < -0.3 is 9.64 Å². The molecule has 0 aliphatic heterocycles. The number of halogens is 1. The van der Waals surface area contributed by atoms with Crippen molar-refractivity contribution in [2.75, 3.05) is 7.05 Å². The molecule has 0 aliphatic rings. The summed E-state index contributed by atoms with van der Waals surface area (Å²) in [6, 6.07) is 15.3. The SMILES string of the molecule is Cc1ccc(CN(C)C(=O)[C@H](C)Oc2ccccc2Cl)cc1. The molecule has 2 aromatic carbocycles. The zero-order valence-corrected chi connectivity index (χ0v) is 13.8. The van der Waals surface area contributed by atoms with Crippen LogP contribution in [0.5, 0.6) is 5.75 Å². The first-order valence-electron chi connectivity index (χ1n) is 7.19. The molecule has 22 heavy (non-hydrogen) atoms. The molecule has 0 aromatic heterocycles. The number of hydrogen-bond donors (Lipinski definition) is 0. The molecule has 116 valence electrons. The summed E-state index contributed by atoms with van der Waals surface area (Å²) in [5, 5.41) is 0.503. The topological polar surface area (TPSA) is 29.5 Å². The van der Waals surface area contributed by atoms with Gasteiger partial charge in [0.2, 0.25) is 0 Å². The van der Waals surface area contributed by atoms with E-state index >= 15 is 0 Å². The maximum absolute atomic E-state index is 12.4. The van der Waals surface area contributed by atoms with Gasteiger partial charge in [0.1, 0.15) is 5.75 Å². The minimum absolute atomic E-state index is 0.0829. The molecule has 2 aromatic rings. The average molecular weight is 318 g/mol. The smallest absolute Gasteiger partial charge is 0.263 e. The standard InChI is InChI=1S/C18H20ClNO2/c1-13-8-10-15(11-9-13)12-20(3)18(21)14(2)22-17-7-5-4-6-16(17)19/h4-11,14H,12H2,1-3H3/t14-/m0/s1. The van der Waals surface area contributed by atoms with E-state index in [0.29, 0.717) is 17.3 Å². The molecule has 3 nitrogen and oxygen atoms in total. The Hall–Kier alpha value is -2.00. The number of amides is 1. The lowest BCUT2D eigenvalue weighted by molar-refractivity contribution is -0.137. The summed E-state index contributed by atoms with van der Waals surface area (Å²) in [5.41, 5.74) is 2.29. The van der Waals surface area contributed by atoms with Crippen molar-refractivity contribution in [3.63, 3.8) is 0 Å². The fourth-order valence-electron chi connectivity index (χ4n) is 2.14. The molecule has 0 saturated carbocycles. The van der Waals surface area contributed by atoms with Crippen LogP contribution in [0.15, 0.2) is 48.5 Å². The minimum Gasteiger partial charge on any atom is -0.479 e. The number of hydrogen-bond acceptors (Lipinski definition) is 2. The maximum atomic E-state index is 12.4. The third kappa shape index (κ3) is 4.25. The van der Waals surface area contributed by atoms with Crippen LogP contribution in [0.2, 0.25) is 5.02 Å². The van der Waals surface area contributed by atoms with Crippen molar-refractivity contribution in [1.82, 2.24) is 4.90 Å². The largest absolute Gasteiger partial charge is 0.479 e. The fraction of sp³-hybridized carbons (Fsp3) is 0.278. The van der Waals surface area contributed by atoms with Crippen molar-refractivity contribution in [3.8, 4) is 5.75 Å². The van der Waals surface area contributed by atoms with Gasteiger partial charge in [-0.3, -0.25) is 4.79 Å². The lowest BCUT2D eigenvalue weighted by atomic mass is 10.1. The number of ether oxygens (including phenoxy) is 1. The number of carbonyl (C=O) groups excluding carboxylic acids is 1. The van der Waals surface area contributed by atoms with Gasteiger partial charge in [-0.15, -0.1) is 0 Å². The van der Waals surface area contributed by atoms with Crippen LogP contribution in [-0.2, 0) is 11.3 Å². The Kier molecular flexibility index (Phi) is 5.45. The van der Waals surface area contributed by atoms with Crippen molar-refractivity contribution >= 4 is 17.5 Å². The maximum Gasteiger partial charge on any atom is 0.263 e. The van der Waals surface area contributed by atoms with Crippen molar-refractivity contribution in [3.05, 3.63) is 64.7 Å². The molecular weight excluding hydrogens is 298 g/mol. The molecule has 0 saturated heterocycles. The second kappa shape index (κ2) is 7.32. The Morgan fingerprint density at radius 1 is 1.18 bits per heavy atom. The summed E-state index contributed by atoms with van der Waals surface area (Å²) >= 11 is 6.05. The van der Waals surface area contributed by atoms with E-state index in [1.807, 2.05) is 43.3 Å². The molecule has 0 N–H and O–H groups in total. The molecule has 4 heteroatoms. The van der Waals surface area contributed by atoms with Crippen LogP contribution in [0.4, 0.5) is 0 Å². The van der Waals surface area contributed by atoms with Crippen LogP contribution in [0.3, 0.4) is 0 Å². The first-order chi connectivity index (χ1) is 10.5. The fourth-order valence-corrected chi connectivity index (χ4v) is 2.32. The van der Waals surface area contributed by atoms with Gasteiger partial charge >= 0.3 is 0 Å². The summed E-state index contributed by atoms with van der Waals surface area (Å²) < 4.78 is 5.66. The average Bonchev–Trinajstić information content (AvgIpc) is 2.51. The molecule has 1 atom stereocenters. The Morgan fingerprint density at radius 3 is 2.45 bits per heavy atom. The summed E-state index contributed by atoms with van der Waals surface area (Å²) in [6.07, 6.45) is -0.588. The lowest BCUT2D eigenvalue weighted by Crippen LogP contribution is -2.37. The highest BCUT2D eigenvalue weighted by atomic mass is 35.5. The van der Waals surface area contributed by atoms with Crippen LogP contribution >= 0.6 is 11.6 Å². The number of aryl methyl sites for hydroxylation is 1. The number of benzene rings is 2. The molecule has 2 rings (SSSR count). The highest BCUT2D eigenvalue weighted by Gasteiger charge is 2.20. The van der Waals surface area contributed by atoms with Gasteiger partial charge in [-0.05, 0) is 31.5 Å². The highest BCUT2D eigenvalue weighted by Crippen LogP contribution is 2.24. The van der Waals surface area contributed by atoms with E-state index in [2.05, 4.69) is 0 Å². The Balaban J connectivity index is 1.97. The van der Waals surface area contributed by atoms with Gasteiger partial charge in [0, 0.05) is 13.6 Å². The quantitative estimate of drug-likeness (QED) is 0.831. The van der Waals surface area contributed by atoms with Crippen molar-refractivity contribution in [2.45, 2.75) is 26.5 Å². The van der Waals surface area contributed by atoms with E-state index in [1.165, 1.54) is 5.56 Å². The summed E-state index contributed by atoms with van der Waals surface area (Å²) in [6.45, 7) is 4.32. The number of likely N-dealkylation sites (N-methyl/N-ethyl adjacent to an activating group) is 1. The summed E-state index contributed by atoms with van der Waals surface area (Å²) in [4.78, 5) is 14.0. The van der Waals surface area contributed by atoms with E-state index in [4.69, 9.17) is 16.3 Å². The molecule has 0 bridgehead atoms. The van der Waals surface area contributed by atoms with E-state index in [1.54, 1.807) is 31.0 Å². The van der Waals surface area contributed by atoms with E-state index in [-0.39, 0.29) is 5.91 Å². The van der Waals surface area contributed by atoms with Crippen LogP contribution < -0.4 is 4.74 Å². The first-order valence-corrected chi connectivity index (χ1v) is 7.57.